The van der Waals surface area contributed by atoms with Gasteiger partial charge in [0.1, 0.15) is 0 Å². The number of rotatable bonds is 5. The van der Waals surface area contributed by atoms with Crippen molar-refractivity contribution < 1.29 is 44.8 Å². The highest BCUT2D eigenvalue weighted by Gasteiger charge is 2.63. The topological polar surface area (TPSA) is 44.8 Å². The van der Waals surface area contributed by atoms with E-state index < -0.39 is 26.7 Å². The molecule has 1 unspecified atom stereocenters. The van der Waals surface area contributed by atoms with E-state index in [1.165, 1.54) is 0 Å². The molecule has 0 N–H and O–H groups in total. The molecule has 0 bridgehead atoms. The van der Waals surface area contributed by atoms with E-state index in [1.807, 2.05) is 0 Å². The van der Waals surface area contributed by atoms with Crippen molar-refractivity contribution in [1.82, 2.24) is 0 Å². The van der Waals surface area contributed by atoms with Gasteiger partial charge in [0.2, 0.25) is 0 Å². The molecule has 1 atom stereocenters. The van der Waals surface area contributed by atoms with Gasteiger partial charge in [-0.05, 0) is 11.4 Å². The highest BCUT2D eigenvalue weighted by Crippen LogP contribution is 2.56. The Bertz CT molecular complexity index is 252. The molecule has 0 spiro atoms. The lowest BCUT2D eigenvalue weighted by atomic mass is 10.6. The van der Waals surface area contributed by atoms with E-state index in [1.54, 1.807) is 0 Å². The molecule has 4 nitrogen and oxygen atoms in total. The molecule has 0 radical (unpaired) electrons. The van der Waals surface area contributed by atoms with Crippen LogP contribution in [0.2, 0.25) is 0 Å². The number of hydrogen-bond donors (Lipinski definition) is 0. The molecule has 0 aromatic carbocycles. The van der Waals surface area contributed by atoms with Crippen molar-refractivity contribution in [2.24, 2.45) is 0 Å². The van der Waals surface area contributed by atoms with Crippen LogP contribution in [0.5, 0.6) is 0 Å². The van der Waals surface area contributed by atoms with Crippen LogP contribution in [-0.4, -0.2) is 18.9 Å². The van der Waals surface area contributed by atoms with Crippen LogP contribution in [0.15, 0.2) is 0 Å². The minimum Gasteiger partial charge on any atom is -0.285 e. The Hall–Kier alpha value is -0.310. The largest absolute Gasteiger partial charge is 0.511 e. The highest BCUT2D eigenvalue weighted by molar-refractivity contribution is 7.48. The second kappa shape index (κ2) is 4.69. The summed E-state index contributed by atoms with van der Waals surface area (Å²) in [6, 6.07) is 0. The normalized spacial score (nSPS) is 17.5. The summed E-state index contributed by atoms with van der Waals surface area (Å²) < 4.78 is 89.4. The van der Waals surface area contributed by atoms with E-state index in [0.717, 1.165) is 6.92 Å². The van der Waals surface area contributed by atoms with Crippen molar-refractivity contribution in [2.45, 2.75) is 19.2 Å². The molecule has 0 aromatic heterocycles. The van der Waals surface area contributed by atoms with E-state index in [2.05, 4.69) is 13.8 Å². The molecule has 0 aliphatic carbocycles. The maximum Gasteiger partial charge on any atom is 0.511 e. The van der Waals surface area contributed by atoms with Gasteiger partial charge in [0.05, 0.1) is 6.61 Å². The lowest BCUT2D eigenvalue weighted by molar-refractivity contribution is -0.367. The SMILES string of the molecule is CCOP(=O)(OF)OC(F)(F)C(F)(F)F. The predicted molar refractivity (Wildman–Crippen MR) is 33.5 cm³/mol. The summed E-state index contributed by atoms with van der Waals surface area (Å²) in [6.07, 6.45) is -12.0. The molecule has 92 valence electrons. The number of halogens is 6. The lowest BCUT2D eigenvalue weighted by Crippen LogP contribution is -2.38. The Kier molecular flexibility index (Phi) is 4.59. The molecule has 0 rings (SSSR count). The second-order valence-corrected chi connectivity index (χ2v) is 3.51. The van der Waals surface area contributed by atoms with Gasteiger partial charge in [0.25, 0.3) is 0 Å². The van der Waals surface area contributed by atoms with Crippen molar-refractivity contribution in [3.8, 4) is 0 Å². The molecule has 0 aromatic rings. The Balaban J connectivity index is 4.76. The van der Waals surface area contributed by atoms with Crippen molar-refractivity contribution in [2.75, 3.05) is 6.61 Å². The summed E-state index contributed by atoms with van der Waals surface area (Å²) in [5, 5.41) is 0. The maximum atomic E-state index is 12.1. The molecule has 15 heavy (non-hydrogen) atoms. The monoisotopic (exact) mass is 262 g/mol. The first-order valence-electron chi connectivity index (χ1n) is 3.28. The zero-order valence-electron chi connectivity index (χ0n) is 7.06. The third kappa shape index (κ3) is 3.98. The molecule has 0 fully saturated rings. The molecule has 11 heteroatoms. The Labute approximate surface area is 79.6 Å². The zero-order valence-corrected chi connectivity index (χ0v) is 7.95. The predicted octanol–water partition coefficient (Wildman–Crippen LogP) is 3.20. The fraction of sp³-hybridized carbons (Fsp3) is 1.00. The van der Waals surface area contributed by atoms with E-state index in [-0.39, 0.29) is 0 Å². The van der Waals surface area contributed by atoms with Gasteiger partial charge in [-0.15, -0.1) is 0 Å². The van der Waals surface area contributed by atoms with Crippen molar-refractivity contribution in [3.05, 3.63) is 0 Å². The summed E-state index contributed by atoms with van der Waals surface area (Å²) in [6.45, 7) is 0.413. The molecular formula is C4H5F6O4P. The standard InChI is InChI=1S/C4H5F6O4P/c1-2-12-15(11,14-10)13-4(8,9)3(5,6)7/h2H2,1H3. The molecule has 0 saturated heterocycles. The van der Waals surface area contributed by atoms with Crippen LogP contribution in [0.4, 0.5) is 26.5 Å². The van der Waals surface area contributed by atoms with Crippen molar-refractivity contribution >= 4 is 7.82 Å². The fourth-order valence-electron chi connectivity index (χ4n) is 0.411. The smallest absolute Gasteiger partial charge is 0.285 e. The van der Waals surface area contributed by atoms with Gasteiger partial charge in [0, 0.05) is 0 Å². The minimum absolute atomic E-state index is 0.644. The number of phosphoric ester groups is 1. The van der Waals surface area contributed by atoms with Crippen LogP contribution in [0, 0.1) is 0 Å². The summed E-state index contributed by atoms with van der Waals surface area (Å²) in [5.74, 6) is 0. The second-order valence-electron chi connectivity index (χ2n) is 2.04. The van der Waals surface area contributed by atoms with Crippen LogP contribution in [0.1, 0.15) is 6.92 Å². The highest BCUT2D eigenvalue weighted by atomic mass is 31.2. The Morgan fingerprint density at radius 1 is 1.20 bits per heavy atom. The molecule has 0 aliphatic rings. The van der Waals surface area contributed by atoms with Crippen LogP contribution >= 0.6 is 7.82 Å². The minimum atomic E-state index is -6.15. The van der Waals surface area contributed by atoms with Crippen LogP contribution in [-0.2, 0) is 18.3 Å². The van der Waals surface area contributed by atoms with Gasteiger partial charge in [-0.25, -0.2) is 9.09 Å². The number of phosphoric acid groups is 1. The van der Waals surface area contributed by atoms with Gasteiger partial charge < -0.3 is 0 Å². The molecule has 0 aliphatic heterocycles. The Morgan fingerprint density at radius 3 is 1.93 bits per heavy atom. The van der Waals surface area contributed by atoms with Crippen molar-refractivity contribution in [1.29, 1.82) is 0 Å². The van der Waals surface area contributed by atoms with E-state index in [0.29, 0.717) is 0 Å². The van der Waals surface area contributed by atoms with Gasteiger partial charge in [-0.1, -0.05) is 4.73 Å². The third-order valence-corrected chi connectivity index (χ3v) is 2.12. The quantitative estimate of drug-likeness (QED) is 0.563. The first kappa shape index (κ1) is 14.7. The lowest BCUT2D eigenvalue weighted by Gasteiger charge is -2.21. The summed E-state index contributed by atoms with van der Waals surface area (Å²) >= 11 is 0. The van der Waals surface area contributed by atoms with Gasteiger partial charge >= 0.3 is 20.1 Å². The first-order chi connectivity index (χ1) is 6.58. The molecule has 0 saturated carbocycles. The average Bonchev–Trinajstić information content (AvgIpc) is 2.01. The van der Waals surface area contributed by atoms with E-state index in [9.17, 15) is 31.0 Å². The Morgan fingerprint density at radius 2 is 1.67 bits per heavy atom. The number of alkyl halides is 5. The van der Waals surface area contributed by atoms with Gasteiger partial charge in [-0.2, -0.15) is 22.0 Å². The van der Waals surface area contributed by atoms with E-state index in [4.69, 9.17) is 0 Å². The zero-order chi connectivity index (χ0) is 12.3. The summed E-state index contributed by atoms with van der Waals surface area (Å²) in [4.78, 5) is 0. The average molecular weight is 262 g/mol. The maximum absolute atomic E-state index is 12.1. The summed E-state index contributed by atoms with van der Waals surface area (Å²) in [5.41, 5.74) is 0. The number of hydrogen-bond acceptors (Lipinski definition) is 4. The third-order valence-electron chi connectivity index (χ3n) is 0.928. The summed E-state index contributed by atoms with van der Waals surface area (Å²) in [7, 11) is -5.55. The molecule has 0 amide bonds. The van der Waals surface area contributed by atoms with Gasteiger partial charge in [-0.3, -0.25) is 4.52 Å². The van der Waals surface area contributed by atoms with Crippen LogP contribution < -0.4 is 0 Å². The van der Waals surface area contributed by atoms with Crippen LogP contribution in [0.25, 0.3) is 0 Å². The van der Waals surface area contributed by atoms with Gasteiger partial charge in [0.15, 0.2) is 0 Å². The fourth-order valence-corrected chi connectivity index (χ4v) is 1.23. The molecule has 0 heterocycles. The first-order valence-corrected chi connectivity index (χ1v) is 4.74. The van der Waals surface area contributed by atoms with E-state index >= 15 is 0 Å². The molecular weight excluding hydrogens is 257 g/mol. The van der Waals surface area contributed by atoms with Crippen LogP contribution in [0.3, 0.4) is 0 Å². The van der Waals surface area contributed by atoms with Crippen molar-refractivity contribution in [3.63, 3.8) is 0 Å².